The van der Waals surface area contributed by atoms with E-state index >= 15 is 26.3 Å². The maximum Gasteiger partial charge on any atom is 0.411 e. The molecule has 0 aliphatic rings. The van der Waals surface area contributed by atoms with E-state index < -0.39 is 40.3 Å². The summed E-state index contributed by atoms with van der Waals surface area (Å²) in [4.78, 5) is 13.6. The number of rotatable bonds is 11. The quantitative estimate of drug-likeness (QED) is 0.152. The summed E-state index contributed by atoms with van der Waals surface area (Å²) >= 11 is 0. The Hall–Kier alpha value is -4.53. The summed E-state index contributed by atoms with van der Waals surface area (Å²) in [7, 11) is 0. The van der Waals surface area contributed by atoms with Gasteiger partial charge in [-0.3, -0.25) is 4.79 Å². The molecular formula is C42H46F6N2O. The lowest BCUT2D eigenvalue weighted by atomic mass is 9.72. The third-order valence-corrected chi connectivity index (χ3v) is 10.2. The van der Waals surface area contributed by atoms with Crippen LogP contribution in [0.5, 0.6) is 0 Å². The molecule has 4 aromatic carbocycles. The van der Waals surface area contributed by atoms with Crippen molar-refractivity contribution < 1.29 is 31.1 Å². The Morgan fingerprint density at radius 1 is 0.647 bits per heavy atom. The lowest BCUT2D eigenvalue weighted by Gasteiger charge is -2.39. The monoisotopic (exact) mass is 708 g/mol. The van der Waals surface area contributed by atoms with E-state index in [2.05, 4.69) is 38.0 Å². The van der Waals surface area contributed by atoms with Crippen LogP contribution >= 0.6 is 0 Å². The minimum absolute atomic E-state index is 0.132. The zero-order chi connectivity index (χ0) is 38.2. The topological polar surface area (TPSA) is 41.1 Å². The van der Waals surface area contributed by atoms with Gasteiger partial charge >= 0.3 is 12.4 Å². The Balaban J connectivity index is 1.78. The first-order valence-electron chi connectivity index (χ1n) is 16.9. The van der Waals surface area contributed by atoms with E-state index in [1.165, 1.54) is 19.1 Å². The van der Waals surface area contributed by atoms with Crippen molar-refractivity contribution in [2.75, 3.05) is 10.6 Å². The maximum absolute atomic E-state index is 15.2. The van der Waals surface area contributed by atoms with Crippen LogP contribution < -0.4 is 10.6 Å². The van der Waals surface area contributed by atoms with Crippen molar-refractivity contribution >= 4 is 22.9 Å². The van der Waals surface area contributed by atoms with Gasteiger partial charge in [-0.25, -0.2) is 0 Å². The number of carbonyl (C=O) groups is 1. The molecule has 0 fully saturated rings. The molecule has 2 N–H and O–H groups in total. The van der Waals surface area contributed by atoms with Gasteiger partial charge in [-0.1, -0.05) is 88.9 Å². The van der Waals surface area contributed by atoms with E-state index in [-0.39, 0.29) is 22.4 Å². The maximum atomic E-state index is 15.2. The van der Waals surface area contributed by atoms with Gasteiger partial charge in [-0.05, 0) is 121 Å². The van der Waals surface area contributed by atoms with Crippen LogP contribution in [0, 0.1) is 19.3 Å². The van der Waals surface area contributed by atoms with Crippen molar-refractivity contribution in [2.24, 2.45) is 5.41 Å². The Morgan fingerprint density at radius 3 is 1.61 bits per heavy atom. The molecule has 9 heteroatoms. The SMILES string of the molecule is C=C(c1cccc(-c2cccc(C(=O)Nc3cc(C(c4ccc(C)c(NC(C)(C)CC)c4)(C(F)(F)F)C(F)(F)F)ccc3C)c2)c1)C(C)(C)CC. The zero-order valence-corrected chi connectivity index (χ0v) is 30.4. The van der Waals surface area contributed by atoms with Crippen LogP contribution in [0.25, 0.3) is 16.7 Å². The van der Waals surface area contributed by atoms with E-state index in [0.717, 1.165) is 53.5 Å². The number of amides is 1. The van der Waals surface area contributed by atoms with Gasteiger partial charge in [0.15, 0.2) is 0 Å². The fraction of sp³-hybridized carbons (Fsp3) is 0.357. The van der Waals surface area contributed by atoms with E-state index in [9.17, 15) is 4.79 Å². The molecule has 0 radical (unpaired) electrons. The van der Waals surface area contributed by atoms with Gasteiger partial charge in [-0.15, -0.1) is 0 Å². The highest BCUT2D eigenvalue weighted by molar-refractivity contribution is 6.05. The first-order chi connectivity index (χ1) is 23.6. The Kier molecular flexibility index (Phi) is 11.0. The molecular weight excluding hydrogens is 662 g/mol. The molecule has 0 aromatic heterocycles. The van der Waals surface area contributed by atoms with Gasteiger partial charge in [0.1, 0.15) is 0 Å². The zero-order valence-electron chi connectivity index (χ0n) is 30.4. The van der Waals surface area contributed by atoms with E-state index in [0.29, 0.717) is 23.1 Å². The molecule has 0 aliphatic heterocycles. The molecule has 0 heterocycles. The van der Waals surface area contributed by atoms with E-state index in [1.54, 1.807) is 19.1 Å². The molecule has 4 rings (SSSR count). The normalized spacial score (nSPS) is 12.8. The molecule has 272 valence electrons. The Bertz CT molecular complexity index is 1910. The van der Waals surface area contributed by atoms with Crippen LogP contribution in [0.3, 0.4) is 0 Å². The molecule has 0 bridgehead atoms. The second-order valence-electron chi connectivity index (χ2n) is 14.5. The van der Waals surface area contributed by atoms with Crippen LogP contribution in [0.2, 0.25) is 0 Å². The van der Waals surface area contributed by atoms with Gasteiger partial charge in [0.05, 0.1) is 0 Å². The third-order valence-electron chi connectivity index (χ3n) is 10.2. The van der Waals surface area contributed by atoms with Crippen LogP contribution in [0.15, 0.2) is 91.5 Å². The number of carbonyl (C=O) groups excluding carboxylic acids is 1. The average molecular weight is 709 g/mol. The van der Waals surface area contributed by atoms with Crippen molar-refractivity contribution in [1.82, 2.24) is 0 Å². The molecule has 0 saturated heterocycles. The highest BCUT2D eigenvalue weighted by Crippen LogP contribution is 2.57. The molecule has 0 atom stereocenters. The predicted octanol–water partition coefficient (Wildman–Crippen LogP) is 12.7. The average Bonchev–Trinajstić information content (AvgIpc) is 3.06. The Labute approximate surface area is 297 Å². The standard InChI is InChI=1S/C42H46F6N2O/c1-10-38(6,7)28(5)29-14-12-15-30(22-29)31-16-13-17-32(23-31)37(51)49-35-24-33(20-18-26(35)3)40(41(43,44)45,42(46,47)48)34-21-19-27(4)36(25-34)50-39(8,9)11-2/h12-25,50H,5,10-11H2,1-4,6-9H3,(H,49,51). The minimum atomic E-state index is -5.80. The summed E-state index contributed by atoms with van der Waals surface area (Å²) in [5.41, 5.74) is -2.74. The Morgan fingerprint density at radius 2 is 1.12 bits per heavy atom. The second-order valence-corrected chi connectivity index (χ2v) is 14.5. The molecule has 0 aliphatic carbocycles. The van der Waals surface area contributed by atoms with Crippen molar-refractivity contribution in [2.45, 2.75) is 91.5 Å². The smallest absolute Gasteiger partial charge is 0.380 e. The highest BCUT2D eigenvalue weighted by Gasteiger charge is 2.72. The van der Waals surface area contributed by atoms with Crippen LogP contribution in [-0.4, -0.2) is 23.8 Å². The van der Waals surface area contributed by atoms with E-state index in [1.807, 2.05) is 51.1 Å². The van der Waals surface area contributed by atoms with Crippen molar-refractivity contribution in [3.05, 3.63) is 125 Å². The fourth-order valence-corrected chi connectivity index (χ4v) is 5.94. The van der Waals surface area contributed by atoms with Crippen molar-refractivity contribution in [1.29, 1.82) is 0 Å². The summed E-state index contributed by atoms with van der Waals surface area (Å²) in [6, 6.07) is 20.3. The number of anilines is 2. The molecule has 0 unspecified atom stereocenters. The van der Waals surface area contributed by atoms with Crippen LogP contribution in [0.1, 0.15) is 92.6 Å². The lowest BCUT2D eigenvalue weighted by molar-refractivity contribution is -0.288. The number of allylic oxidation sites excluding steroid dienone is 1. The minimum Gasteiger partial charge on any atom is -0.380 e. The van der Waals surface area contributed by atoms with Gasteiger partial charge in [0.25, 0.3) is 5.91 Å². The van der Waals surface area contributed by atoms with Gasteiger partial charge in [0.2, 0.25) is 5.41 Å². The van der Waals surface area contributed by atoms with Crippen molar-refractivity contribution in [3.8, 4) is 11.1 Å². The highest BCUT2D eigenvalue weighted by atomic mass is 19.4. The number of aryl methyl sites for hydroxylation is 2. The summed E-state index contributed by atoms with van der Waals surface area (Å²) in [5.74, 6) is -0.682. The summed E-state index contributed by atoms with van der Waals surface area (Å²) < 4.78 is 91.0. The number of benzene rings is 4. The van der Waals surface area contributed by atoms with Crippen molar-refractivity contribution in [3.63, 3.8) is 0 Å². The van der Waals surface area contributed by atoms with Crippen LogP contribution in [-0.2, 0) is 5.41 Å². The first-order valence-corrected chi connectivity index (χ1v) is 16.9. The molecule has 0 spiro atoms. The van der Waals surface area contributed by atoms with Gasteiger partial charge in [-0.2, -0.15) is 26.3 Å². The number of nitrogens with one attached hydrogen (secondary N) is 2. The number of halogens is 6. The number of hydrogen-bond donors (Lipinski definition) is 2. The molecule has 3 nitrogen and oxygen atoms in total. The second kappa shape index (κ2) is 14.2. The fourth-order valence-electron chi connectivity index (χ4n) is 5.94. The van der Waals surface area contributed by atoms with Gasteiger partial charge in [0, 0.05) is 22.5 Å². The van der Waals surface area contributed by atoms with Crippen LogP contribution in [0.4, 0.5) is 37.7 Å². The molecule has 0 saturated carbocycles. The van der Waals surface area contributed by atoms with Gasteiger partial charge < -0.3 is 10.6 Å². The molecule has 1 amide bonds. The first kappa shape index (κ1) is 39.3. The summed E-state index contributed by atoms with van der Waals surface area (Å²) in [6.45, 7) is 19.2. The van der Waals surface area contributed by atoms with E-state index in [4.69, 9.17) is 0 Å². The summed E-state index contributed by atoms with van der Waals surface area (Å²) in [5, 5.41) is 5.69. The summed E-state index contributed by atoms with van der Waals surface area (Å²) in [6.07, 6.45) is -10.1. The predicted molar refractivity (Wildman–Crippen MR) is 196 cm³/mol. The largest absolute Gasteiger partial charge is 0.411 e. The number of alkyl halides is 6. The molecule has 51 heavy (non-hydrogen) atoms. The third kappa shape index (κ3) is 7.87. The molecule has 4 aromatic rings. The lowest BCUT2D eigenvalue weighted by Crippen LogP contribution is -2.54. The number of hydrogen-bond acceptors (Lipinski definition) is 2.